The van der Waals surface area contributed by atoms with Gasteiger partial charge in [-0.3, -0.25) is 0 Å². The Balaban J connectivity index is 2.14. The van der Waals surface area contributed by atoms with Gasteiger partial charge in [0.05, 0.1) is 28.1 Å². The number of hydrogen-bond donors (Lipinski definition) is 0. The number of hydrogen-bond acceptors (Lipinski definition) is 6. The zero-order valence-electron chi connectivity index (χ0n) is 14.9. The SMILES string of the molecule is CSc1nc(Cl)c2sc3nc(C(C)C)c4c(c3c2n1)CC(C)(C)OC4. The second-order valence-electron chi connectivity index (χ2n) is 7.30. The molecule has 1 aliphatic heterocycles. The van der Waals surface area contributed by atoms with Crippen LogP contribution in [0.4, 0.5) is 0 Å². The van der Waals surface area contributed by atoms with Crippen molar-refractivity contribution in [3.8, 4) is 0 Å². The van der Waals surface area contributed by atoms with Crippen LogP contribution in [0.2, 0.25) is 5.15 Å². The molecule has 0 bridgehead atoms. The van der Waals surface area contributed by atoms with E-state index in [-0.39, 0.29) is 5.60 Å². The maximum absolute atomic E-state index is 6.45. The van der Waals surface area contributed by atoms with E-state index < -0.39 is 0 Å². The number of pyridine rings is 1. The first-order chi connectivity index (χ1) is 11.8. The summed E-state index contributed by atoms with van der Waals surface area (Å²) < 4.78 is 7.01. The molecule has 0 aliphatic carbocycles. The second kappa shape index (κ2) is 6.05. The Bertz CT molecular complexity index is 997. The zero-order chi connectivity index (χ0) is 17.9. The van der Waals surface area contributed by atoms with E-state index in [1.807, 2.05) is 6.26 Å². The highest BCUT2D eigenvalue weighted by atomic mass is 35.5. The van der Waals surface area contributed by atoms with E-state index in [0.717, 1.165) is 32.5 Å². The molecule has 1 aliphatic rings. The number of fused-ring (bicyclic) bond motifs is 5. The molecule has 3 aromatic rings. The molecule has 7 heteroatoms. The smallest absolute Gasteiger partial charge is 0.189 e. The Morgan fingerprint density at radius 3 is 2.64 bits per heavy atom. The molecule has 0 unspecified atom stereocenters. The van der Waals surface area contributed by atoms with Gasteiger partial charge in [-0.25, -0.2) is 15.0 Å². The van der Waals surface area contributed by atoms with Gasteiger partial charge in [-0.05, 0) is 31.6 Å². The van der Waals surface area contributed by atoms with Crippen molar-refractivity contribution in [2.45, 2.75) is 57.4 Å². The van der Waals surface area contributed by atoms with Crippen LogP contribution in [0.25, 0.3) is 20.4 Å². The maximum Gasteiger partial charge on any atom is 0.189 e. The van der Waals surface area contributed by atoms with Crippen LogP contribution in [0.1, 0.15) is 50.4 Å². The van der Waals surface area contributed by atoms with Crippen LogP contribution in [0.5, 0.6) is 0 Å². The third-order valence-corrected chi connectivity index (χ3v) is 6.60. The summed E-state index contributed by atoms with van der Waals surface area (Å²) in [4.78, 5) is 15.1. The molecule has 0 N–H and O–H groups in total. The van der Waals surface area contributed by atoms with Crippen molar-refractivity contribution in [2.24, 2.45) is 0 Å². The lowest BCUT2D eigenvalue weighted by Crippen LogP contribution is -2.32. The van der Waals surface area contributed by atoms with Crippen LogP contribution in [0.3, 0.4) is 0 Å². The number of ether oxygens (including phenoxy) is 1. The van der Waals surface area contributed by atoms with E-state index in [1.54, 1.807) is 11.3 Å². The van der Waals surface area contributed by atoms with Crippen molar-refractivity contribution in [3.63, 3.8) is 0 Å². The molecular weight excluding hydrogens is 374 g/mol. The number of thioether (sulfide) groups is 1. The van der Waals surface area contributed by atoms with Crippen LogP contribution in [-0.4, -0.2) is 26.8 Å². The molecule has 0 saturated heterocycles. The third-order valence-electron chi connectivity index (χ3n) is 4.59. The van der Waals surface area contributed by atoms with Gasteiger partial charge in [0.15, 0.2) is 10.3 Å². The van der Waals surface area contributed by atoms with Crippen LogP contribution < -0.4 is 0 Å². The van der Waals surface area contributed by atoms with Crippen LogP contribution in [0, 0.1) is 0 Å². The standard InChI is InChI=1S/C18H20ClN3OS2/c1-8(2)12-10-7-23-18(3,4)6-9(10)11-13-14(25-16(11)20-12)15(19)22-17(21-13)24-5/h8H,6-7H2,1-5H3. The highest BCUT2D eigenvalue weighted by Gasteiger charge is 2.32. The quantitative estimate of drug-likeness (QED) is 0.322. The molecule has 0 radical (unpaired) electrons. The Hall–Kier alpha value is -0.950. The Kier molecular flexibility index (Phi) is 4.22. The monoisotopic (exact) mass is 393 g/mol. The zero-order valence-corrected chi connectivity index (χ0v) is 17.3. The average molecular weight is 394 g/mol. The molecule has 4 rings (SSSR count). The number of nitrogens with zero attached hydrogens (tertiary/aromatic N) is 3. The molecular formula is C18H20ClN3OS2. The first kappa shape index (κ1) is 17.5. The first-order valence-electron chi connectivity index (χ1n) is 8.30. The third kappa shape index (κ3) is 2.83. The lowest BCUT2D eigenvalue weighted by atomic mass is 9.87. The lowest BCUT2D eigenvalue weighted by molar-refractivity contribution is -0.0402. The van der Waals surface area contributed by atoms with Crippen molar-refractivity contribution in [3.05, 3.63) is 22.0 Å². The van der Waals surface area contributed by atoms with Gasteiger partial charge in [-0.2, -0.15) is 0 Å². The molecule has 132 valence electrons. The molecule has 25 heavy (non-hydrogen) atoms. The number of halogens is 1. The lowest BCUT2D eigenvalue weighted by Gasteiger charge is -2.33. The topological polar surface area (TPSA) is 47.9 Å². The first-order valence-corrected chi connectivity index (χ1v) is 10.7. The summed E-state index contributed by atoms with van der Waals surface area (Å²) in [5.74, 6) is 0.344. The highest BCUT2D eigenvalue weighted by Crippen LogP contribution is 2.43. The summed E-state index contributed by atoms with van der Waals surface area (Å²) in [7, 11) is 0. The fraction of sp³-hybridized carbons (Fsp3) is 0.500. The summed E-state index contributed by atoms with van der Waals surface area (Å²) in [6, 6.07) is 0. The molecule has 0 amide bonds. The van der Waals surface area contributed by atoms with E-state index in [9.17, 15) is 0 Å². The van der Waals surface area contributed by atoms with Crippen molar-refractivity contribution >= 4 is 55.1 Å². The minimum atomic E-state index is -0.192. The van der Waals surface area contributed by atoms with E-state index in [1.165, 1.54) is 22.9 Å². The van der Waals surface area contributed by atoms with E-state index >= 15 is 0 Å². The fourth-order valence-corrected chi connectivity index (χ4v) is 5.15. The van der Waals surface area contributed by atoms with Gasteiger partial charge in [-0.15, -0.1) is 11.3 Å². The molecule has 0 atom stereocenters. The predicted molar refractivity (Wildman–Crippen MR) is 106 cm³/mol. The van der Waals surface area contributed by atoms with E-state index in [0.29, 0.717) is 22.8 Å². The van der Waals surface area contributed by atoms with Crippen LogP contribution in [0.15, 0.2) is 5.16 Å². The van der Waals surface area contributed by atoms with Gasteiger partial charge in [0, 0.05) is 17.4 Å². The summed E-state index contributed by atoms with van der Waals surface area (Å²) in [5.41, 5.74) is 4.41. The maximum atomic E-state index is 6.45. The van der Waals surface area contributed by atoms with Crippen LogP contribution in [-0.2, 0) is 17.8 Å². The number of aromatic nitrogens is 3. The van der Waals surface area contributed by atoms with E-state index in [2.05, 4.69) is 32.7 Å². The largest absolute Gasteiger partial charge is 0.370 e. The van der Waals surface area contributed by atoms with E-state index in [4.69, 9.17) is 26.3 Å². The summed E-state index contributed by atoms with van der Waals surface area (Å²) in [5, 5.41) is 2.35. The second-order valence-corrected chi connectivity index (χ2v) is 9.43. The highest BCUT2D eigenvalue weighted by molar-refractivity contribution is 7.98. The van der Waals surface area contributed by atoms with Gasteiger partial charge in [0.1, 0.15) is 4.83 Å². The Morgan fingerprint density at radius 2 is 1.96 bits per heavy atom. The molecule has 0 fully saturated rings. The summed E-state index contributed by atoms with van der Waals surface area (Å²) >= 11 is 9.55. The molecule has 0 saturated carbocycles. The average Bonchev–Trinajstić information content (AvgIpc) is 2.92. The molecule has 0 spiro atoms. The molecule has 3 aromatic heterocycles. The van der Waals surface area contributed by atoms with Crippen LogP contribution >= 0.6 is 34.7 Å². The summed E-state index contributed by atoms with van der Waals surface area (Å²) in [6.45, 7) is 9.24. The Morgan fingerprint density at radius 1 is 1.20 bits per heavy atom. The van der Waals surface area contributed by atoms with Gasteiger partial charge >= 0.3 is 0 Å². The molecule has 4 heterocycles. The van der Waals surface area contributed by atoms with Crippen molar-refractivity contribution < 1.29 is 4.74 Å². The summed E-state index contributed by atoms with van der Waals surface area (Å²) in [6.07, 6.45) is 2.82. The van der Waals surface area contributed by atoms with Gasteiger partial charge in [0.2, 0.25) is 0 Å². The minimum absolute atomic E-state index is 0.192. The van der Waals surface area contributed by atoms with Crippen molar-refractivity contribution in [2.75, 3.05) is 6.26 Å². The van der Waals surface area contributed by atoms with Crippen molar-refractivity contribution in [1.29, 1.82) is 0 Å². The Labute approximate surface area is 160 Å². The number of rotatable bonds is 2. The van der Waals surface area contributed by atoms with Gasteiger partial charge < -0.3 is 4.74 Å². The molecule has 4 nitrogen and oxygen atoms in total. The minimum Gasteiger partial charge on any atom is -0.370 e. The normalized spacial score (nSPS) is 16.8. The number of thiophene rings is 1. The molecule has 0 aromatic carbocycles. The van der Waals surface area contributed by atoms with Gasteiger partial charge in [-0.1, -0.05) is 37.2 Å². The van der Waals surface area contributed by atoms with Crippen molar-refractivity contribution in [1.82, 2.24) is 15.0 Å². The van der Waals surface area contributed by atoms with Gasteiger partial charge in [0.25, 0.3) is 0 Å². The fourth-order valence-electron chi connectivity index (χ4n) is 3.42. The predicted octanol–water partition coefficient (Wildman–Crippen LogP) is 5.59.